The van der Waals surface area contributed by atoms with Crippen molar-refractivity contribution in [1.29, 1.82) is 0 Å². The van der Waals surface area contributed by atoms with Gasteiger partial charge in [-0.2, -0.15) is 0 Å². The summed E-state index contributed by atoms with van der Waals surface area (Å²) in [5, 5.41) is 3.77. The predicted molar refractivity (Wildman–Crippen MR) is 93.8 cm³/mol. The van der Waals surface area contributed by atoms with Crippen molar-refractivity contribution in [3.05, 3.63) is 28.8 Å². The van der Waals surface area contributed by atoms with Crippen LogP contribution in [0, 0.1) is 13.8 Å². The van der Waals surface area contributed by atoms with Crippen LogP contribution in [0.15, 0.2) is 12.1 Å². The molecule has 3 nitrogen and oxygen atoms in total. The van der Waals surface area contributed by atoms with Crippen LogP contribution < -0.4 is 10.1 Å². The molecule has 0 radical (unpaired) electrons. The van der Waals surface area contributed by atoms with Gasteiger partial charge in [0.1, 0.15) is 11.4 Å². The van der Waals surface area contributed by atoms with Crippen LogP contribution in [0.1, 0.15) is 55.8 Å². The van der Waals surface area contributed by atoms with Gasteiger partial charge in [-0.25, -0.2) is 0 Å². The number of benzene rings is 1. The molecule has 3 heteroatoms. The molecule has 1 heterocycles. The Hall–Kier alpha value is -1.06. The molecule has 0 fully saturated rings. The standard InChI is InChI=1S/C19H32N2O/c1-7-19(8-2)13-17(20-9-10-21(5)6)16-12-14(3)11-15(4)18(16)22-19/h11-12,17,20H,7-10,13H2,1-6H3. The van der Waals surface area contributed by atoms with Gasteiger partial charge in [0.15, 0.2) is 0 Å². The third kappa shape index (κ3) is 3.64. The molecule has 1 aromatic rings. The zero-order chi connectivity index (χ0) is 16.3. The first kappa shape index (κ1) is 17.3. The molecule has 1 N–H and O–H groups in total. The molecule has 2 rings (SSSR count). The number of ether oxygens (including phenoxy) is 1. The van der Waals surface area contributed by atoms with E-state index in [9.17, 15) is 0 Å². The van der Waals surface area contributed by atoms with Gasteiger partial charge in [-0.05, 0) is 46.3 Å². The average molecular weight is 304 g/mol. The van der Waals surface area contributed by atoms with Gasteiger partial charge in [0.2, 0.25) is 0 Å². The maximum atomic E-state index is 6.51. The lowest BCUT2D eigenvalue weighted by Gasteiger charge is -2.42. The van der Waals surface area contributed by atoms with Gasteiger partial charge in [0.25, 0.3) is 0 Å². The van der Waals surface area contributed by atoms with Crippen LogP contribution >= 0.6 is 0 Å². The minimum Gasteiger partial charge on any atom is -0.487 e. The number of aryl methyl sites for hydroxylation is 2. The van der Waals surface area contributed by atoms with E-state index >= 15 is 0 Å². The van der Waals surface area contributed by atoms with Gasteiger partial charge in [0, 0.05) is 31.1 Å². The van der Waals surface area contributed by atoms with Crippen LogP contribution in [-0.4, -0.2) is 37.7 Å². The molecule has 22 heavy (non-hydrogen) atoms. The first-order chi connectivity index (χ1) is 10.4. The number of fused-ring (bicyclic) bond motifs is 1. The molecule has 1 atom stereocenters. The van der Waals surface area contributed by atoms with Crippen molar-refractivity contribution < 1.29 is 4.74 Å². The molecule has 1 aromatic carbocycles. The highest BCUT2D eigenvalue weighted by molar-refractivity contribution is 5.47. The van der Waals surface area contributed by atoms with Crippen LogP contribution in [-0.2, 0) is 0 Å². The number of hydrogen-bond donors (Lipinski definition) is 1. The van der Waals surface area contributed by atoms with Crippen LogP contribution in [0.25, 0.3) is 0 Å². The molecule has 1 unspecified atom stereocenters. The topological polar surface area (TPSA) is 24.5 Å². The molecule has 0 amide bonds. The molecule has 0 saturated heterocycles. The molecule has 0 saturated carbocycles. The molecule has 0 aromatic heterocycles. The second-order valence-electron chi connectivity index (χ2n) is 7.01. The molecule has 0 spiro atoms. The fourth-order valence-electron chi connectivity index (χ4n) is 3.45. The Kier molecular flexibility index (Phi) is 5.51. The smallest absolute Gasteiger partial charge is 0.127 e. The molecule has 124 valence electrons. The largest absolute Gasteiger partial charge is 0.487 e. The van der Waals surface area contributed by atoms with Crippen molar-refractivity contribution in [3.63, 3.8) is 0 Å². The summed E-state index contributed by atoms with van der Waals surface area (Å²) < 4.78 is 6.51. The summed E-state index contributed by atoms with van der Waals surface area (Å²) in [4.78, 5) is 2.22. The fraction of sp³-hybridized carbons (Fsp3) is 0.684. The minimum absolute atomic E-state index is 0.0250. The third-order valence-electron chi connectivity index (χ3n) is 4.96. The Balaban J connectivity index is 2.31. The highest BCUT2D eigenvalue weighted by atomic mass is 16.5. The summed E-state index contributed by atoms with van der Waals surface area (Å²) in [6.45, 7) is 10.9. The van der Waals surface area contributed by atoms with Crippen molar-refractivity contribution in [2.75, 3.05) is 27.2 Å². The fourth-order valence-corrected chi connectivity index (χ4v) is 3.45. The maximum Gasteiger partial charge on any atom is 0.127 e. The first-order valence-electron chi connectivity index (χ1n) is 8.59. The van der Waals surface area contributed by atoms with Crippen molar-refractivity contribution in [3.8, 4) is 5.75 Å². The predicted octanol–water partition coefficient (Wildman–Crippen LogP) is 3.84. The van der Waals surface area contributed by atoms with Crippen LogP contribution in [0.3, 0.4) is 0 Å². The second-order valence-corrected chi connectivity index (χ2v) is 7.01. The molecule has 1 aliphatic heterocycles. The second kappa shape index (κ2) is 7.01. The van der Waals surface area contributed by atoms with Gasteiger partial charge in [-0.15, -0.1) is 0 Å². The monoisotopic (exact) mass is 304 g/mol. The number of hydrogen-bond acceptors (Lipinski definition) is 3. The van der Waals surface area contributed by atoms with E-state index in [1.807, 2.05) is 0 Å². The molecular formula is C19H32N2O. The molecule has 0 bridgehead atoms. The summed E-state index contributed by atoms with van der Waals surface area (Å²) >= 11 is 0. The maximum absolute atomic E-state index is 6.51. The number of rotatable bonds is 6. The van der Waals surface area contributed by atoms with E-state index in [-0.39, 0.29) is 5.60 Å². The lowest BCUT2D eigenvalue weighted by atomic mass is 9.82. The summed E-state index contributed by atoms with van der Waals surface area (Å²) in [7, 11) is 4.24. The van der Waals surface area contributed by atoms with E-state index in [1.165, 1.54) is 16.7 Å². The van der Waals surface area contributed by atoms with Crippen LogP contribution in [0.5, 0.6) is 5.75 Å². The Labute approximate surface area is 136 Å². The van der Waals surface area contributed by atoms with Gasteiger partial charge in [0.05, 0.1) is 0 Å². The van der Waals surface area contributed by atoms with Crippen molar-refractivity contribution in [2.45, 2.75) is 58.6 Å². The van der Waals surface area contributed by atoms with E-state index in [0.717, 1.165) is 38.1 Å². The summed E-state index contributed by atoms with van der Waals surface area (Å²) in [6.07, 6.45) is 3.17. The summed E-state index contributed by atoms with van der Waals surface area (Å²) in [5.41, 5.74) is 3.90. The van der Waals surface area contributed by atoms with Crippen molar-refractivity contribution >= 4 is 0 Å². The lowest BCUT2D eigenvalue weighted by Crippen LogP contribution is -2.44. The van der Waals surface area contributed by atoms with E-state index in [4.69, 9.17) is 4.74 Å². The third-order valence-corrected chi connectivity index (χ3v) is 4.96. The van der Waals surface area contributed by atoms with E-state index < -0.39 is 0 Å². The zero-order valence-corrected chi connectivity index (χ0v) is 15.1. The van der Waals surface area contributed by atoms with Gasteiger partial charge in [-0.3, -0.25) is 0 Å². The average Bonchev–Trinajstić information content (AvgIpc) is 2.47. The minimum atomic E-state index is -0.0250. The summed E-state index contributed by atoms with van der Waals surface area (Å²) in [5.74, 6) is 1.11. The SMILES string of the molecule is CCC1(CC)CC(NCCN(C)C)c2cc(C)cc(C)c2O1. The Morgan fingerprint density at radius 3 is 2.50 bits per heavy atom. The Morgan fingerprint density at radius 2 is 1.91 bits per heavy atom. The quantitative estimate of drug-likeness (QED) is 0.864. The normalized spacial score (nSPS) is 19.9. The van der Waals surface area contributed by atoms with Gasteiger partial charge >= 0.3 is 0 Å². The van der Waals surface area contributed by atoms with E-state index in [1.54, 1.807) is 0 Å². The van der Waals surface area contributed by atoms with Crippen molar-refractivity contribution in [1.82, 2.24) is 10.2 Å². The highest BCUT2D eigenvalue weighted by Crippen LogP contribution is 2.44. The van der Waals surface area contributed by atoms with Crippen LogP contribution in [0.2, 0.25) is 0 Å². The van der Waals surface area contributed by atoms with Gasteiger partial charge in [-0.1, -0.05) is 31.5 Å². The zero-order valence-electron chi connectivity index (χ0n) is 15.1. The Morgan fingerprint density at radius 1 is 1.23 bits per heavy atom. The number of nitrogens with zero attached hydrogens (tertiary/aromatic N) is 1. The Bertz CT molecular complexity index is 506. The van der Waals surface area contributed by atoms with Gasteiger partial charge < -0.3 is 15.0 Å². The molecule has 1 aliphatic rings. The molecule has 0 aliphatic carbocycles. The van der Waals surface area contributed by atoms with Crippen LogP contribution in [0.4, 0.5) is 0 Å². The summed E-state index contributed by atoms with van der Waals surface area (Å²) in [6, 6.07) is 4.92. The first-order valence-corrected chi connectivity index (χ1v) is 8.59. The number of likely N-dealkylation sites (N-methyl/N-ethyl adjacent to an activating group) is 1. The van der Waals surface area contributed by atoms with E-state index in [2.05, 4.69) is 64.1 Å². The molecular weight excluding hydrogens is 272 g/mol. The van der Waals surface area contributed by atoms with Crippen molar-refractivity contribution in [2.24, 2.45) is 0 Å². The highest BCUT2D eigenvalue weighted by Gasteiger charge is 2.38. The number of nitrogens with one attached hydrogen (secondary N) is 1. The van der Waals surface area contributed by atoms with E-state index in [0.29, 0.717) is 6.04 Å². The lowest BCUT2D eigenvalue weighted by molar-refractivity contribution is 0.0219.